The van der Waals surface area contributed by atoms with E-state index in [1.807, 2.05) is 37.3 Å². The second kappa shape index (κ2) is 10.6. The monoisotopic (exact) mass is 529 g/mol. The maximum atomic E-state index is 13.5. The second-order valence-corrected chi connectivity index (χ2v) is 9.96. The van der Waals surface area contributed by atoms with Crippen LogP contribution in [0.15, 0.2) is 87.3 Å². The van der Waals surface area contributed by atoms with Crippen LogP contribution < -0.4 is 14.5 Å². The van der Waals surface area contributed by atoms with Crippen molar-refractivity contribution in [3.8, 4) is 5.75 Å². The molecule has 0 fully saturated rings. The number of anilines is 1. The lowest BCUT2D eigenvalue weighted by atomic mass is 10.1. The van der Waals surface area contributed by atoms with Crippen molar-refractivity contribution in [3.05, 3.63) is 88.4 Å². The number of aryl methyl sites for hydroxylation is 1. The number of benzene rings is 3. The first kappa shape index (κ1) is 24.5. The Labute approximate surface area is 202 Å². The topological polar surface area (TPSA) is 88.1 Å². The van der Waals surface area contributed by atoms with Crippen molar-refractivity contribution < 1.29 is 17.9 Å². The van der Waals surface area contributed by atoms with Gasteiger partial charge in [-0.2, -0.15) is 5.10 Å². The van der Waals surface area contributed by atoms with E-state index < -0.39 is 22.5 Å². The van der Waals surface area contributed by atoms with E-state index in [4.69, 9.17) is 4.74 Å². The van der Waals surface area contributed by atoms with Crippen LogP contribution in [0.1, 0.15) is 18.1 Å². The van der Waals surface area contributed by atoms with Crippen LogP contribution in [0.2, 0.25) is 0 Å². The number of nitrogens with one attached hydrogen (secondary N) is 1. The molecule has 0 aromatic heterocycles. The SMILES string of the molecule is COc1ccc(S(=O)(=O)N(CC(=O)N/N=C(/C)c2ccccc2)c2ccc(C)cc2)cc1Br. The summed E-state index contributed by atoms with van der Waals surface area (Å²) in [6.45, 7) is 3.22. The summed E-state index contributed by atoms with van der Waals surface area (Å²) in [6, 6.07) is 20.7. The van der Waals surface area contributed by atoms with Crippen molar-refractivity contribution in [2.75, 3.05) is 18.0 Å². The van der Waals surface area contributed by atoms with Gasteiger partial charge in [-0.15, -0.1) is 0 Å². The Bertz CT molecular complexity index is 1260. The van der Waals surface area contributed by atoms with Crippen molar-refractivity contribution in [1.82, 2.24) is 5.43 Å². The van der Waals surface area contributed by atoms with E-state index in [-0.39, 0.29) is 4.90 Å². The number of sulfonamides is 1. The minimum atomic E-state index is -4.06. The summed E-state index contributed by atoms with van der Waals surface area (Å²) in [5.41, 5.74) is 5.25. The quantitative estimate of drug-likeness (QED) is 0.343. The Morgan fingerprint density at radius 2 is 1.73 bits per heavy atom. The number of hydrazone groups is 1. The van der Waals surface area contributed by atoms with Crippen molar-refractivity contribution in [2.45, 2.75) is 18.7 Å². The van der Waals surface area contributed by atoms with Crippen LogP contribution in [0.4, 0.5) is 5.69 Å². The molecule has 3 aromatic rings. The molecule has 3 rings (SSSR count). The minimum Gasteiger partial charge on any atom is -0.496 e. The van der Waals surface area contributed by atoms with Gasteiger partial charge in [-0.05, 0) is 65.7 Å². The largest absolute Gasteiger partial charge is 0.496 e. The molecule has 3 aromatic carbocycles. The number of hydrogen-bond donors (Lipinski definition) is 1. The Kier molecular flexibility index (Phi) is 7.88. The number of nitrogens with zero attached hydrogens (tertiary/aromatic N) is 2. The van der Waals surface area contributed by atoms with Crippen LogP contribution in [-0.4, -0.2) is 33.7 Å². The molecule has 0 aliphatic carbocycles. The first-order valence-corrected chi connectivity index (χ1v) is 12.3. The van der Waals surface area contributed by atoms with Crippen LogP contribution in [0.5, 0.6) is 5.75 Å². The summed E-state index contributed by atoms with van der Waals surface area (Å²) < 4.78 is 33.8. The standard InChI is InChI=1S/C24H24BrN3O4S/c1-17-9-11-20(12-10-17)28(33(30,31)21-13-14-23(32-3)22(25)15-21)16-24(29)27-26-18(2)19-7-5-4-6-8-19/h4-15H,16H2,1-3H3,(H,27,29)/b26-18-. The summed E-state index contributed by atoms with van der Waals surface area (Å²) in [7, 11) is -2.57. The molecular formula is C24H24BrN3O4S. The zero-order valence-electron chi connectivity index (χ0n) is 18.4. The van der Waals surface area contributed by atoms with Gasteiger partial charge in [0.15, 0.2) is 0 Å². The fourth-order valence-electron chi connectivity index (χ4n) is 3.02. The second-order valence-electron chi connectivity index (χ2n) is 7.24. The van der Waals surface area contributed by atoms with E-state index in [0.29, 0.717) is 21.6 Å². The Balaban J connectivity index is 1.91. The molecule has 0 bridgehead atoms. The van der Waals surface area contributed by atoms with Gasteiger partial charge in [-0.3, -0.25) is 9.10 Å². The number of amides is 1. The zero-order valence-corrected chi connectivity index (χ0v) is 20.9. The average Bonchev–Trinajstić information content (AvgIpc) is 2.82. The van der Waals surface area contributed by atoms with Gasteiger partial charge < -0.3 is 4.74 Å². The highest BCUT2D eigenvalue weighted by Gasteiger charge is 2.28. The van der Waals surface area contributed by atoms with Gasteiger partial charge in [-0.25, -0.2) is 13.8 Å². The molecule has 172 valence electrons. The first-order valence-electron chi connectivity index (χ1n) is 10.0. The summed E-state index contributed by atoms with van der Waals surface area (Å²) in [6.07, 6.45) is 0. The summed E-state index contributed by atoms with van der Waals surface area (Å²) >= 11 is 3.32. The van der Waals surface area contributed by atoms with Crippen molar-refractivity contribution in [1.29, 1.82) is 0 Å². The molecule has 0 aliphatic rings. The number of halogens is 1. The lowest BCUT2D eigenvalue weighted by Gasteiger charge is -2.24. The Morgan fingerprint density at radius 3 is 2.33 bits per heavy atom. The third kappa shape index (κ3) is 6.00. The van der Waals surface area contributed by atoms with Gasteiger partial charge in [0, 0.05) is 0 Å². The van der Waals surface area contributed by atoms with Crippen molar-refractivity contribution in [2.24, 2.45) is 5.10 Å². The molecular weight excluding hydrogens is 506 g/mol. The predicted octanol–water partition coefficient (Wildman–Crippen LogP) is 4.50. The lowest BCUT2D eigenvalue weighted by molar-refractivity contribution is -0.119. The molecule has 0 saturated heterocycles. The van der Waals surface area contributed by atoms with E-state index in [9.17, 15) is 13.2 Å². The van der Waals surface area contributed by atoms with E-state index in [1.165, 1.54) is 19.2 Å². The van der Waals surface area contributed by atoms with Crippen LogP contribution >= 0.6 is 15.9 Å². The molecule has 0 heterocycles. The predicted molar refractivity (Wildman–Crippen MR) is 133 cm³/mol. The molecule has 0 atom stereocenters. The van der Waals surface area contributed by atoms with Crippen LogP contribution in [0, 0.1) is 6.92 Å². The molecule has 9 heteroatoms. The van der Waals surface area contributed by atoms with Gasteiger partial charge in [0.2, 0.25) is 0 Å². The van der Waals surface area contributed by atoms with E-state index >= 15 is 0 Å². The average molecular weight is 530 g/mol. The molecule has 0 saturated carbocycles. The Hall–Kier alpha value is -3.17. The van der Waals surface area contributed by atoms with Gasteiger partial charge in [0.25, 0.3) is 15.9 Å². The van der Waals surface area contributed by atoms with Crippen molar-refractivity contribution >= 4 is 43.3 Å². The number of hydrogen-bond acceptors (Lipinski definition) is 5. The highest BCUT2D eigenvalue weighted by atomic mass is 79.9. The number of ether oxygens (including phenoxy) is 1. The molecule has 1 N–H and O–H groups in total. The van der Waals surface area contributed by atoms with Gasteiger partial charge in [-0.1, -0.05) is 48.0 Å². The number of methoxy groups -OCH3 is 1. The third-order valence-electron chi connectivity index (χ3n) is 4.86. The smallest absolute Gasteiger partial charge is 0.264 e. The summed E-state index contributed by atoms with van der Waals surface area (Å²) in [5.74, 6) is -0.0682. The van der Waals surface area contributed by atoms with Crippen LogP contribution in [-0.2, 0) is 14.8 Å². The summed E-state index contributed by atoms with van der Waals surface area (Å²) in [4.78, 5) is 12.7. The molecule has 0 radical (unpaired) electrons. The van der Waals surface area contributed by atoms with Crippen molar-refractivity contribution in [3.63, 3.8) is 0 Å². The normalized spacial score (nSPS) is 11.7. The third-order valence-corrected chi connectivity index (χ3v) is 7.25. The van der Waals surface area contributed by atoms with E-state index in [0.717, 1.165) is 15.4 Å². The molecule has 1 amide bonds. The minimum absolute atomic E-state index is 0.0208. The van der Waals surface area contributed by atoms with E-state index in [1.54, 1.807) is 37.3 Å². The summed E-state index contributed by atoms with van der Waals surface area (Å²) in [5, 5.41) is 4.12. The van der Waals surface area contributed by atoms with Gasteiger partial charge in [0.05, 0.1) is 27.9 Å². The molecule has 33 heavy (non-hydrogen) atoms. The van der Waals surface area contributed by atoms with Gasteiger partial charge >= 0.3 is 0 Å². The first-order chi connectivity index (χ1) is 15.7. The number of carbonyl (C=O) groups is 1. The highest BCUT2D eigenvalue weighted by Crippen LogP contribution is 2.30. The van der Waals surface area contributed by atoms with Crippen LogP contribution in [0.25, 0.3) is 0 Å². The number of carbonyl (C=O) groups excluding carboxylic acids is 1. The fourth-order valence-corrected chi connectivity index (χ4v) is 5.16. The molecule has 7 nitrogen and oxygen atoms in total. The molecule has 0 spiro atoms. The maximum absolute atomic E-state index is 13.5. The van der Waals surface area contributed by atoms with E-state index in [2.05, 4.69) is 26.5 Å². The molecule has 0 unspecified atom stereocenters. The lowest BCUT2D eigenvalue weighted by Crippen LogP contribution is -2.39. The maximum Gasteiger partial charge on any atom is 0.264 e. The van der Waals surface area contributed by atoms with Gasteiger partial charge in [0.1, 0.15) is 12.3 Å². The van der Waals surface area contributed by atoms with Crippen LogP contribution in [0.3, 0.4) is 0 Å². The Morgan fingerprint density at radius 1 is 1.06 bits per heavy atom. The highest BCUT2D eigenvalue weighted by molar-refractivity contribution is 9.10. The number of rotatable bonds is 8. The fraction of sp³-hybridized carbons (Fsp3) is 0.167. The molecule has 0 aliphatic heterocycles. The zero-order chi connectivity index (χ0) is 24.0.